The van der Waals surface area contributed by atoms with Gasteiger partial charge >= 0.3 is 0 Å². The van der Waals surface area contributed by atoms with E-state index in [4.69, 9.17) is 19.7 Å². The van der Waals surface area contributed by atoms with E-state index in [0.717, 1.165) is 5.39 Å². The van der Waals surface area contributed by atoms with Gasteiger partial charge in [-0.2, -0.15) is 10.5 Å². The summed E-state index contributed by atoms with van der Waals surface area (Å²) in [4.78, 5) is 0. The lowest BCUT2D eigenvalue weighted by Crippen LogP contribution is -1.89. The monoisotopic (exact) mass is 224 g/mol. The van der Waals surface area contributed by atoms with Gasteiger partial charge in [0.1, 0.15) is 17.7 Å². The lowest BCUT2D eigenvalue weighted by atomic mass is 10.2. The molecule has 2 aromatic rings. The van der Waals surface area contributed by atoms with Crippen LogP contribution in [0.15, 0.2) is 40.3 Å². The molecule has 0 spiro atoms. The standard InChI is InChI=1S/C13H8N2O2/c1-16-13(10(7-14)8-15)12-6-9-4-2-3-5-11(9)17-12/h2-6H,1H3. The number of rotatable bonds is 2. The van der Waals surface area contributed by atoms with Crippen LogP contribution in [0.4, 0.5) is 0 Å². The zero-order chi connectivity index (χ0) is 12.3. The number of benzene rings is 1. The zero-order valence-corrected chi connectivity index (χ0v) is 9.10. The molecule has 1 aromatic heterocycles. The first-order valence-electron chi connectivity index (χ1n) is 4.87. The van der Waals surface area contributed by atoms with Crippen molar-refractivity contribution in [2.75, 3.05) is 7.11 Å². The molecule has 0 amide bonds. The minimum absolute atomic E-state index is 0.105. The fourth-order valence-corrected chi connectivity index (χ4v) is 1.55. The third-order valence-corrected chi connectivity index (χ3v) is 2.30. The molecule has 0 aliphatic carbocycles. The molecule has 0 saturated carbocycles. The fraction of sp³-hybridized carbons (Fsp3) is 0.0769. The Morgan fingerprint density at radius 3 is 2.53 bits per heavy atom. The quantitative estimate of drug-likeness (QED) is 0.581. The molecule has 0 bridgehead atoms. The molecular weight excluding hydrogens is 216 g/mol. The van der Waals surface area contributed by atoms with Crippen molar-refractivity contribution in [3.63, 3.8) is 0 Å². The second-order valence-corrected chi connectivity index (χ2v) is 3.28. The Kier molecular flexibility index (Phi) is 2.81. The molecule has 4 nitrogen and oxygen atoms in total. The maximum Gasteiger partial charge on any atom is 0.190 e. The summed E-state index contributed by atoms with van der Waals surface area (Å²) in [5.41, 5.74) is 0.582. The smallest absolute Gasteiger partial charge is 0.190 e. The van der Waals surface area contributed by atoms with E-state index in [-0.39, 0.29) is 11.3 Å². The minimum Gasteiger partial charge on any atom is -0.491 e. The summed E-state index contributed by atoms with van der Waals surface area (Å²) in [6.45, 7) is 0. The molecule has 0 unspecified atom stereocenters. The van der Waals surface area contributed by atoms with Gasteiger partial charge < -0.3 is 9.15 Å². The van der Waals surface area contributed by atoms with Crippen LogP contribution in [-0.2, 0) is 4.74 Å². The van der Waals surface area contributed by atoms with Crippen LogP contribution >= 0.6 is 0 Å². The Bertz CT molecular complexity index is 620. The van der Waals surface area contributed by atoms with Crippen molar-refractivity contribution in [3.8, 4) is 12.1 Å². The maximum atomic E-state index is 8.81. The first kappa shape index (κ1) is 10.8. The molecule has 82 valence electrons. The minimum atomic E-state index is -0.105. The largest absolute Gasteiger partial charge is 0.491 e. The van der Waals surface area contributed by atoms with Crippen LogP contribution in [0, 0.1) is 22.7 Å². The number of nitriles is 2. The first-order chi connectivity index (χ1) is 8.30. The van der Waals surface area contributed by atoms with Gasteiger partial charge in [0.2, 0.25) is 0 Å². The molecule has 0 N–H and O–H groups in total. The summed E-state index contributed by atoms with van der Waals surface area (Å²) in [7, 11) is 1.40. The lowest BCUT2D eigenvalue weighted by molar-refractivity contribution is 0.354. The predicted molar refractivity (Wildman–Crippen MR) is 61.4 cm³/mol. The fourth-order valence-electron chi connectivity index (χ4n) is 1.55. The second-order valence-electron chi connectivity index (χ2n) is 3.28. The molecule has 17 heavy (non-hydrogen) atoms. The van der Waals surface area contributed by atoms with Gasteiger partial charge in [-0.3, -0.25) is 0 Å². The molecular formula is C13H8N2O2. The van der Waals surface area contributed by atoms with Crippen LogP contribution in [0.3, 0.4) is 0 Å². The van der Waals surface area contributed by atoms with Gasteiger partial charge in [-0.25, -0.2) is 0 Å². The number of hydrogen-bond acceptors (Lipinski definition) is 4. The number of fused-ring (bicyclic) bond motifs is 1. The highest BCUT2D eigenvalue weighted by Gasteiger charge is 2.14. The molecule has 0 atom stereocenters. The van der Waals surface area contributed by atoms with E-state index in [0.29, 0.717) is 11.3 Å². The average molecular weight is 224 g/mol. The Morgan fingerprint density at radius 2 is 1.94 bits per heavy atom. The van der Waals surface area contributed by atoms with Crippen molar-refractivity contribution >= 4 is 16.7 Å². The second kappa shape index (κ2) is 4.42. The first-order valence-corrected chi connectivity index (χ1v) is 4.87. The zero-order valence-electron chi connectivity index (χ0n) is 9.10. The van der Waals surface area contributed by atoms with Gasteiger partial charge in [0, 0.05) is 5.39 Å². The normalized spacial score (nSPS) is 9.35. The average Bonchev–Trinajstić information content (AvgIpc) is 2.78. The molecule has 1 heterocycles. The molecule has 0 aliphatic heterocycles. The summed E-state index contributed by atoms with van der Waals surface area (Å²) in [5, 5.41) is 18.5. The SMILES string of the molecule is COC(=C(C#N)C#N)c1cc2ccccc2o1. The van der Waals surface area contributed by atoms with Crippen LogP contribution in [0.5, 0.6) is 0 Å². The van der Waals surface area contributed by atoms with Crippen LogP contribution in [-0.4, -0.2) is 7.11 Å². The number of furan rings is 1. The highest BCUT2D eigenvalue weighted by molar-refractivity contribution is 5.82. The van der Waals surface area contributed by atoms with Crippen molar-refractivity contribution in [1.29, 1.82) is 10.5 Å². The van der Waals surface area contributed by atoms with Gasteiger partial charge in [-0.15, -0.1) is 0 Å². The van der Waals surface area contributed by atoms with Crippen molar-refractivity contribution in [1.82, 2.24) is 0 Å². The lowest BCUT2D eigenvalue weighted by Gasteiger charge is -2.00. The molecule has 2 rings (SSSR count). The van der Waals surface area contributed by atoms with E-state index in [2.05, 4.69) is 0 Å². The van der Waals surface area contributed by atoms with Crippen LogP contribution in [0.2, 0.25) is 0 Å². The van der Waals surface area contributed by atoms with E-state index >= 15 is 0 Å². The molecule has 0 aliphatic rings. The van der Waals surface area contributed by atoms with Crippen LogP contribution in [0.1, 0.15) is 5.76 Å². The third kappa shape index (κ3) is 1.84. The van der Waals surface area contributed by atoms with Crippen molar-refractivity contribution in [3.05, 3.63) is 41.7 Å². The number of para-hydroxylation sites is 1. The van der Waals surface area contributed by atoms with Crippen LogP contribution in [0.25, 0.3) is 16.7 Å². The summed E-state index contributed by atoms with van der Waals surface area (Å²) in [6, 6.07) is 12.7. The molecule has 4 heteroatoms. The molecule has 0 radical (unpaired) electrons. The summed E-state index contributed by atoms with van der Waals surface area (Å²) >= 11 is 0. The topological polar surface area (TPSA) is 69.9 Å². The van der Waals surface area contributed by atoms with E-state index < -0.39 is 0 Å². The highest BCUT2D eigenvalue weighted by Crippen LogP contribution is 2.26. The maximum absolute atomic E-state index is 8.81. The van der Waals surface area contributed by atoms with Gasteiger partial charge in [-0.05, 0) is 12.1 Å². The van der Waals surface area contributed by atoms with E-state index in [9.17, 15) is 0 Å². The molecule has 0 saturated heterocycles. The summed E-state index contributed by atoms with van der Waals surface area (Å²) in [6.07, 6.45) is 0. The van der Waals surface area contributed by atoms with E-state index in [1.54, 1.807) is 18.2 Å². The number of ether oxygens (including phenoxy) is 1. The highest BCUT2D eigenvalue weighted by atomic mass is 16.5. The number of nitrogens with zero attached hydrogens (tertiary/aromatic N) is 2. The van der Waals surface area contributed by atoms with Gasteiger partial charge in [0.05, 0.1) is 7.11 Å². The number of hydrogen-bond donors (Lipinski definition) is 0. The summed E-state index contributed by atoms with van der Waals surface area (Å²) in [5.74, 6) is 0.540. The van der Waals surface area contributed by atoms with Gasteiger partial charge in [0.15, 0.2) is 17.1 Å². The van der Waals surface area contributed by atoms with Crippen LogP contribution < -0.4 is 0 Å². The summed E-state index contributed by atoms with van der Waals surface area (Å²) < 4.78 is 10.6. The Balaban J connectivity index is 2.64. The predicted octanol–water partition coefficient (Wildman–Crippen LogP) is 2.84. The Labute approximate surface area is 97.9 Å². The Morgan fingerprint density at radius 1 is 1.24 bits per heavy atom. The molecule has 1 aromatic carbocycles. The third-order valence-electron chi connectivity index (χ3n) is 2.30. The van der Waals surface area contributed by atoms with Gasteiger partial charge in [-0.1, -0.05) is 18.2 Å². The van der Waals surface area contributed by atoms with E-state index in [1.807, 2.05) is 24.3 Å². The Hall–Kier alpha value is -2.72. The van der Waals surface area contributed by atoms with Crippen molar-refractivity contribution < 1.29 is 9.15 Å². The van der Waals surface area contributed by atoms with Crippen molar-refractivity contribution in [2.24, 2.45) is 0 Å². The van der Waals surface area contributed by atoms with Crippen molar-refractivity contribution in [2.45, 2.75) is 0 Å². The molecule has 0 fully saturated rings. The number of allylic oxidation sites excluding steroid dienone is 1. The van der Waals surface area contributed by atoms with Gasteiger partial charge in [0.25, 0.3) is 0 Å². The van der Waals surface area contributed by atoms with E-state index in [1.165, 1.54) is 7.11 Å². The number of methoxy groups -OCH3 is 1.